The fourth-order valence-corrected chi connectivity index (χ4v) is 3.34. The molecule has 1 aromatic rings. The van der Waals surface area contributed by atoms with Crippen LogP contribution in [0.5, 0.6) is 5.75 Å². The number of hydrogen-bond donors (Lipinski definition) is 2. The third-order valence-electron chi connectivity index (χ3n) is 4.58. The van der Waals surface area contributed by atoms with Gasteiger partial charge < -0.3 is 10.2 Å². The Morgan fingerprint density at radius 3 is 2.65 bits per heavy atom. The SMILES string of the molecule is C=CCN1CCC(c2cccc(O)c2)([C@H](O)CC)CC1. The smallest absolute Gasteiger partial charge is 0.115 e. The molecule has 0 spiro atoms. The van der Waals surface area contributed by atoms with Gasteiger partial charge >= 0.3 is 0 Å². The van der Waals surface area contributed by atoms with Gasteiger partial charge in [-0.2, -0.15) is 0 Å². The van der Waals surface area contributed by atoms with E-state index in [9.17, 15) is 10.2 Å². The van der Waals surface area contributed by atoms with Gasteiger partial charge in [-0.25, -0.2) is 0 Å². The second-order valence-corrected chi connectivity index (χ2v) is 5.72. The molecule has 1 heterocycles. The van der Waals surface area contributed by atoms with Crippen molar-refractivity contribution in [3.05, 3.63) is 42.5 Å². The summed E-state index contributed by atoms with van der Waals surface area (Å²) in [4.78, 5) is 2.36. The third kappa shape index (κ3) is 2.89. The average Bonchev–Trinajstić information content (AvgIpc) is 2.48. The summed E-state index contributed by atoms with van der Waals surface area (Å²) in [6, 6.07) is 7.39. The molecule has 0 aromatic heterocycles. The summed E-state index contributed by atoms with van der Waals surface area (Å²) in [5, 5.41) is 20.3. The highest BCUT2D eigenvalue weighted by molar-refractivity contribution is 5.34. The largest absolute Gasteiger partial charge is 0.508 e. The fourth-order valence-electron chi connectivity index (χ4n) is 3.34. The number of phenolic OH excluding ortho intramolecular Hbond substituents is 1. The number of nitrogens with zero attached hydrogens (tertiary/aromatic N) is 1. The van der Waals surface area contributed by atoms with Gasteiger partial charge in [-0.1, -0.05) is 25.1 Å². The molecule has 2 rings (SSSR count). The number of phenols is 1. The van der Waals surface area contributed by atoms with Crippen LogP contribution in [0.15, 0.2) is 36.9 Å². The molecular weight excluding hydrogens is 250 g/mol. The fraction of sp³-hybridized carbons (Fsp3) is 0.529. The molecule has 1 fully saturated rings. The Labute approximate surface area is 121 Å². The van der Waals surface area contributed by atoms with Crippen molar-refractivity contribution < 1.29 is 10.2 Å². The van der Waals surface area contributed by atoms with Crippen LogP contribution in [-0.2, 0) is 5.41 Å². The molecule has 110 valence electrons. The van der Waals surface area contributed by atoms with Crippen LogP contribution in [-0.4, -0.2) is 40.9 Å². The Morgan fingerprint density at radius 1 is 1.40 bits per heavy atom. The van der Waals surface area contributed by atoms with E-state index in [0.29, 0.717) is 0 Å². The van der Waals surface area contributed by atoms with Crippen LogP contribution in [0.25, 0.3) is 0 Å². The minimum Gasteiger partial charge on any atom is -0.508 e. The molecule has 1 aliphatic rings. The van der Waals surface area contributed by atoms with Gasteiger partial charge in [0.15, 0.2) is 0 Å². The first-order valence-corrected chi connectivity index (χ1v) is 7.43. The van der Waals surface area contributed by atoms with E-state index < -0.39 is 0 Å². The lowest BCUT2D eigenvalue weighted by atomic mass is 9.68. The highest BCUT2D eigenvalue weighted by atomic mass is 16.3. The van der Waals surface area contributed by atoms with Gasteiger partial charge in [-0.05, 0) is 50.0 Å². The predicted octanol–water partition coefficient (Wildman–Crippen LogP) is 2.68. The summed E-state index contributed by atoms with van der Waals surface area (Å²) in [5.74, 6) is 0.277. The van der Waals surface area contributed by atoms with Crippen LogP contribution in [0.4, 0.5) is 0 Å². The quantitative estimate of drug-likeness (QED) is 0.812. The maximum Gasteiger partial charge on any atom is 0.115 e. The van der Waals surface area contributed by atoms with E-state index in [4.69, 9.17) is 0 Å². The topological polar surface area (TPSA) is 43.7 Å². The van der Waals surface area contributed by atoms with Crippen molar-refractivity contribution in [2.75, 3.05) is 19.6 Å². The molecule has 1 aliphatic heterocycles. The summed E-state index contributed by atoms with van der Waals surface area (Å²) in [6.45, 7) is 8.62. The van der Waals surface area contributed by atoms with Crippen LogP contribution in [0.1, 0.15) is 31.7 Å². The number of hydrogen-bond acceptors (Lipinski definition) is 3. The van der Waals surface area contributed by atoms with Crippen LogP contribution < -0.4 is 0 Å². The summed E-state index contributed by atoms with van der Waals surface area (Å²) in [5.41, 5.74) is 0.829. The monoisotopic (exact) mass is 275 g/mol. The van der Waals surface area contributed by atoms with Gasteiger partial charge in [0.05, 0.1) is 6.10 Å². The second-order valence-electron chi connectivity index (χ2n) is 5.72. The summed E-state index contributed by atoms with van der Waals surface area (Å²) < 4.78 is 0. The number of aromatic hydroxyl groups is 1. The molecule has 1 saturated heterocycles. The zero-order valence-corrected chi connectivity index (χ0v) is 12.3. The highest BCUT2D eigenvalue weighted by Crippen LogP contribution is 2.40. The zero-order chi connectivity index (χ0) is 14.6. The standard InChI is InChI=1S/C17H25NO2/c1-3-10-18-11-8-17(9-12-18,16(20)4-2)14-6-5-7-15(19)13-14/h3,5-7,13,16,19-20H,1,4,8-12H2,2H3/t16-/m1/s1. The first-order chi connectivity index (χ1) is 9.62. The summed E-state index contributed by atoms with van der Waals surface area (Å²) in [6.07, 6.45) is 4.13. The maximum atomic E-state index is 10.6. The van der Waals surface area contributed by atoms with Crippen molar-refractivity contribution in [1.82, 2.24) is 4.90 Å². The van der Waals surface area contributed by atoms with Crippen molar-refractivity contribution in [2.24, 2.45) is 0 Å². The highest BCUT2D eigenvalue weighted by Gasteiger charge is 2.41. The molecule has 2 N–H and O–H groups in total. The molecule has 0 saturated carbocycles. The molecular formula is C17H25NO2. The van der Waals surface area contributed by atoms with E-state index in [-0.39, 0.29) is 17.3 Å². The van der Waals surface area contributed by atoms with E-state index >= 15 is 0 Å². The number of benzene rings is 1. The number of piperidine rings is 1. The van der Waals surface area contributed by atoms with Gasteiger partial charge in [0, 0.05) is 12.0 Å². The van der Waals surface area contributed by atoms with Crippen molar-refractivity contribution >= 4 is 0 Å². The van der Waals surface area contributed by atoms with E-state index in [1.807, 2.05) is 31.2 Å². The van der Waals surface area contributed by atoms with Crippen LogP contribution in [0.2, 0.25) is 0 Å². The van der Waals surface area contributed by atoms with E-state index in [0.717, 1.165) is 44.5 Å². The molecule has 0 aliphatic carbocycles. The van der Waals surface area contributed by atoms with Crippen LogP contribution in [0.3, 0.4) is 0 Å². The van der Waals surface area contributed by atoms with Gasteiger partial charge in [-0.3, -0.25) is 4.90 Å². The molecule has 0 radical (unpaired) electrons. The molecule has 3 heteroatoms. The van der Waals surface area contributed by atoms with Crippen molar-refractivity contribution in [2.45, 2.75) is 37.7 Å². The Balaban J connectivity index is 2.27. The molecule has 0 bridgehead atoms. The Morgan fingerprint density at radius 2 is 2.10 bits per heavy atom. The van der Waals surface area contributed by atoms with Gasteiger partial charge in [0.25, 0.3) is 0 Å². The Hall–Kier alpha value is -1.32. The maximum absolute atomic E-state index is 10.6. The van der Waals surface area contributed by atoms with Crippen molar-refractivity contribution in [3.63, 3.8) is 0 Å². The lowest BCUT2D eigenvalue weighted by Crippen LogP contribution is -2.49. The first-order valence-electron chi connectivity index (χ1n) is 7.43. The zero-order valence-electron chi connectivity index (χ0n) is 12.3. The molecule has 20 heavy (non-hydrogen) atoms. The minimum absolute atomic E-state index is 0.231. The molecule has 1 aromatic carbocycles. The van der Waals surface area contributed by atoms with Gasteiger partial charge in [0.2, 0.25) is 0 Å². The Bertz CT molecular complexity index is 450. The number of rotatable bonds is 5. The van der Waals surface area contributed by atoms with E-state index in [1.54, 1.807) is 6.07 Å². The van der Waals surface area contributed by atoms with Gasteiger partial charge in [-0.15, -0.1) is 6.58 Å². The molecule has 0 amide bonds. The molecule has 1 atom stereocenters. The average molecular weight is 275 g/mol. The number of likely N-dealkylation sites (tertiary alicyclic amines) is 1. The van der Waals surface area contributed by atoms with E-state index in [2.05, 4.69) is 11.5 Å². The summed E-state index contributed by atoms with van der Waals surface area (Å²) >= 11 is 0. The minimum atomic E-state index is -0.366. The summed E-state index contributed by atoms with van der Waals surface area (Å²) in [7, 11) is 0. The predicted molar refractivity (Wildman–Crippen MR) is 82.0 cm³/mol. The number of aliphatic hydroxyl groups excluding tert-OH is 1. The van der Waals surface area contributed by atoms with Crippen LogP contribution >= 0.6 is 0 Å². The molecule has 0 unspecified atom stereocenters. The Kier molecular flexibility index (Phi) is 4.84. The third-order valence-corrected chi connectivity index (χ3v) is 4.58. The first kappa shape index (κ1) is 15.1. The van der Waals surface area contributed by atoms with E-state index in [1.165, 1.54) is 0 Å². The second kappa shape index (κ2) is 6.42. The van der Waals surface area contributed by atoms with Crippen molar-refractivity contribution in [1.29, 1.82) is 0 Å². The normalized spacial score (nSPS) is 20.5. The lowest BCUT2D eigenvalue weighted by molar-refractivity contribution is 0.0304. The number of aliphatic hydroxyl groups is 1. The molecule has 3 nitrogen and oxygen atoms in total. The van der Waals surface area contributed by atoms with Crippen LogP contribution in [0, 0.1) is 0 Å². The lowest BCUT2D eigenvalue weighted by Gasteiger charge is -2.45. The van der Waals surface area contributed by atoms with Crippen molar-refractivity contribution in [3.8, 4) is 5.75 Å². The van der Waals surface area contributed by atoms with Gasteiger partial charge in [0.1, 0.15) is 5.75 Å².